The summed E-state index contributed by atoms with van der Waals surface area (Å²) in [6.07, 6.45) is 5.47. The number of nitrogens with zero attached hydrogens (tertiary/aromatic N) is 6. The summed E-state index contributed by atoms with van der Waals surface area (Å²) in [6.45, 7) is 18.1. The number of carboxylic acid groups (broad SMARTS) is 1. The molecule has 11 rings (SSSR count). The highest BCUT2D eigenvalue weighted by atomic mass is 16.7. The predicted octanol–water partition coefficient (Wildman–Crippen LogP) is 6.22. The van der Waals surface area contributed by atoms with Crippen LogP contribution in [0.15, 0.2) is 109 Å². The molecule has 0 radical (unpaired) electrons. The molecule has 2 aromatic heterocycles. The van der Waals surface area contributed by atoms with E-state index in [-0.39, 0.29) is 91.1 Å². The van der Waals surface area contributed by atoms with Gasteiger partial charge in [-0.1, -0.05) is 107 Å². The molecule has 5 aliphatic heterocycles. The summed E-state index contributed by atoms with van der Waals surface area (Å²) < 4.78 is 32.4. The fourth-order valence-corrected chi connectivity index (χ4v) is 12.9. The Hall–Kier alpha value is -11.0. The lowest BCUT2D eigenvalue weighted by Crippen LogP contribution is -2.61. The molecule has 5 amide bonds. The molecule has 4 aromatic carbocycles. The highest BCUT2D eigenvalue weighted by Crippen LogP contribution is 2.32. The Morgan fingerprint density at radius 2 is 1.34 bits per heavy atom. The lowest BCUT2D eigenvalue weighted by atomic mass is 9.88. The molecule has 34 heteroatoms. The zero-order chi connectivity index (χ0) is 81.5. The van der Waals surface area contributed by atoms with Crippen LogP contribution in [0.4, 0.5) is 11.4 Å². The number of nitrogens with one attached hydrogen (secondary N) is 6. The molecule has 112 heavy (non-hydrogen) atoms. The third kappa shape index (κ3) is 21.0. The van der Waals surface area contributed by atoms with E-state index in [0.717, 1.165) is 39.5 Å². The molecule has 34 nitrogen and oxygen atoms in total. The van der Waals surface area contributed by atoms with Gasteiger partial charge in [-0.25, -0.2) is 25.2 Å². The van der Waals surface area contributed by atoms with Gasteiger partial charge < -0.3 is 59.7 Å². The minimum Gasteiger partial charge on any atom is -0.479 e. The second-order valence-corrected chi connectivity index (χ2v) is 28.7. The molecule has 4 saturated heterocycles. The number of aliphatic carboxylic acids is 1. The number of hydrogen-bond acceptors (Lipinski definition) is 26. The molecule has 1 spiro atoms. The summed E-state index contributed by atoms with van der Waals surface area (Å²) in [4.78, 5) is 146. The van der Waals surface area contributed by atoms with Crippen molar-refractivity contribution in [3.8, 4) is 0 Å². The number of nitro benzene ring substituents is 2. The third-order valence-corrected chi connectivity index (χ3v) is 19.4. The monoisotopic (exact) mass is 1550 g/mol. The van der Waals surface area contributed by atoms with E-state index in [1.807, 2.05) is 74.5 Å². The van der Waals surface area contributed by atoms with Crippen LogP contribution in [0.1, 0.15) is 148 Å². The number of aryl methyl sites for hydroxylation is 2. The van der Waals surface area contributed by atoms with Gasteiger partial charge in [0, 0.05) is 36.0 Å². The molecule has 0 aliphatic carbocycles. The van der Waals surface area contributed by atoms with Crippen molar-refractivity contribution in [1.82, 2.24) is 52.1 Å². The maximum Gasteiger partial charge on any atom is 0.353 e. The van der Waals surface area contributed by atoms with Gasteiger partial charge in [-0.3, -0.25) is 74.3 Å². The Bertz CT molecular complexity index is 4500. The first kappa shape index (κ1) is 85.1. The molecule has 598 valence electrons. The van der Waals surface area contributed by atoms with Crippen molar-refractivity contribution in [3.63, 3.8) is 0 Å². The number of benzene rings is 4. The fraction of sp³-hybridized carbons (Fsp3) is 0.449. The van der Waals surface area contributed by atoms with Crippen molar-refractivity contribution in [2.24, 2.45) is 17.3 Å². The van der Waals surface area contributed by atoms with Crippen molar-refractivity contribution in [2.75, 3.05) is 52.9 Å². The number of carboxylic acids is 1. The summed E-state index contributed by atoms with van der Waals surface area (Å²) in [5.41, 5.74) is 6.12. The maximum atomic E-state index is 13.7. The summed E-state index contributed by atoms with van der Waals surface area (Å²) in [5, 5.41) is 68.0. The Balaban J connectivity index is 0.000000201. The van der Waals surface area contributed by atoms with Crippen molar-refractivity contribution in [3.05, 3.63) is 174 Å². The molecular formula is C78H94N12O22. The topological polar surface area (TPSA) is 460 Å². The Labute approximate surface area is 644 Å². The average molecular weight is 1550 g/mol. The van der Waals surface area contributed by atoms with Gasteiger partial charge in [-0.05, 0) is 132 Å². The smallest absolute Gasteiger partial charge is 0.353 e. The Kier molecular flexibility index (Phi) is 28.7. The number of pyridine rings is 2. The number of fused-ring (bicyclic) bond motifs is 5. The van der Waals surface area contributed by atoms with E-state index >= 15 is 0 Å². The number of hydrazine groups is 2. The third-order valence-electron chi connectivity index (χ3n) is 19.4. The number of esters is 3. The van der Waals surface area contributed by atoms with Gasteiger partial charge in [0.1, 0.15) is 47.7 Å². The minimum atomic E-state index is -1.54. The molecule has 4 fully saturated rings. The van der Waals surface area contributed by atoms with Gasteiger partial charge in [0.2, 0.25) is 17.4 Å². The number of aromatic nitrogens is 2. The highest BCUT2D eigenvalue weighted by molar-refractivity contribution is 6.07. The summed E-state index contributed by atoms with van der Waals surface area (Å²) in [7, 11) is 0. The number of nitro groups is 2. The van der Waals surface area contributed by atoms with Gasteiger partial charge in [-0.15, -0.1) is 0 Å². The molecule has 0 saturated carbocycles. The molecule has 7 heterocycles. The molecule has 5 aliphatic rings. The first-order chi connectivity index (χ1) is 53.2. The molecule has 2 unspecified atom stereocenters. The van der Waals surface area contributed by atoms with Crippen LogP contribution in [0.25, 0.3) is 34.0 Å². The number of cyclic esters (lactones) is 1. The lowest BCUT2D eigenvalue weighted by molar-refractivity contribution is -0.385. The van der Waals surface area contributed by atoms with Crippen LogP contribution < -0.4 is 32.1 Å². The van der Waals surface area contributed by atoms with Crippen LogP contribution in [0.2, 0.25) is 0 Å². The van der Waals surface area contributed by atoms with Gasteiger partial charge in [0.25, 0.3) is 29.1 Å². The van der Waals surface area contributed by atoms with E-state index in [2.05, 4.69) is 36.9 Å². The van der Waals surface area contributed by atoms with E-state index in [1.54, 1.807) is 59.8 Å². The quantitative estimate of drug-likeness (QED) is 0.0171. The number of aliphatic hydroxyl groups excluding tert-OH is 2. The van der Waals surface area contributed by atoms with E-state index in [0.29, 0.717) is 62.3 Å². The standard InChI is InChI=1S/C31H43N5O8.C31H39N5O7.C16H12N2O7/c1-18(2)26(37)28(39)33-20(4)29(40)36-13-5-6-24(35-36)27(38)32-19(3)23-10-9-22-8-7-21(16-25(22)34-23)11-12-31(30(41)42)17-43-14-15-44-31;1-18(2)26-28(38)33-20(4)29(39)36-13-5-6-24(35-36)27(37)32-19(3)23-10-9-22-8-7-21(14-25(22)34-23)11-12-31(30(40)43-26)15-41-17-42-16-31;1-9-5-3-7-11(17(21)22)13(9)15(19)25-16(20)14-10(2)6-4-8-12(14)18(23)24/h7-12,16,18-20,24,26,28,33,35,37,39H,5-6,13-15,17H2,1-4H3,(H,32,38)(H,41,42);7-12,14,18-20,24,26,35H,5-6,13,15-17H2,1-4H3,(H,32,37)(H,33,38);3-8H,1-2H3/b2*12-11+;/t19-,20+,24+,26+,28?,31?;19-,20+,24+,26+;/m11./s1. The van der Waals surface area contributed by atoms with Gasteiger partial charge in [-0.2, -0.15) is 0 Å². The van der Waals surface area contributed by atoms with Crippen molar-refractivity contribution >= 4 is 98.7 Å². The summed E-state index contributed by atoms with van der Waals surface area (Å²) in [6, 6.07) is 22.9. The number of rotatable bonds is 16. The molecular weight excluding hydrogens is 1460 g/mol. The first-order valence-electron chi connectivity index (χ1n) is 36.6. The van der Waals surface area contributed by atoms with Gasteiger partial charge in [0.05, 0.1) is 89.5 Å². The zero-order valence-electron chi connectivity index (χ0n) is 63.7. The molecule has 10 atom stereocenters. The van der Waals surface area contributed by atoms with Gasteiger partial charge in [0.15, 0.2) is 6.10 Å². The predicted molar refractivity (Wildman–Crippen MR) is 404 cm³/mol. The van der Waals surface area contributed by atoms with Crippen LogP contribution in [-0.2, 0) is 62.0 Å². The van der Waals surface area contributed by atoms with Gasteiger partial charge >= 0.3 is 23.9 Å². The lowest BCUT2D eigenvalue weighted by Gasteiger charge is -2.36. The fourth-order valence-electron chi connectivity index (χ4n) is 12.9. The number of carbonyl (C=O) groups is 9. The van der Waals surface area contributed by atoms with Crippen LogP contribution in [-0.4, -0.2) is 200 Å². The SMILES string of the molecule is CC(C)[C@@H]1OC(=O)C2(/C=C/c3ccc4ccc(nc4c3)[C@@H](C)NC(=O)[C@@H]3CCCN(N3)C(=O)[C@H](C)NC1=O)COCOC2.CC(C)[C@H](O)C(O)N[C@@H](C)C(=O)N1CCC[C@@H](C(=O)N[C@H](C)c2ccc3ccc(/C=C/C4(C(=O)O)COCCO4)cc3n2)N1.Cc1cccc([N+](=O)[O-])c1C(=O)OC(=O)c1c(C)cccc1[N+](=O)[O-]. The van der Waals surface area contributed by atoms with Crippen LogP contribution in [0, 0.1) is 51.3 Å². The van der Waals surface area contributed by atoms with Crippen LogP contribution >= 0.6 is 0 Å². The summed E-state index contributed by atoms with van der Waals surface area (Å²) >= 11 is 0. The highest BCUT2D eigenvalue weighted by Gasteiger charge is 2.45. The number of ether oxygens (including phenoxy) is 6. The largest absolute Gasteiger partial charge is 0.479 e. The number of carbonyl (C=O) groups excluding carboxylic acids is 8. The number of hydrogen-bond donors (Lipinski definition) is 9. The number of amides is 5. The Morgan fingerprint density at radius 1 is 0.723 bits per heavy atom. The van der Waals surface area contributed by atoms with E-state index in [9.17, 15) is 78.7 Å². The summed E-state index contributed by atoms with van der Waals surface area (Å²) in [5.74, 6) is -6.72. The van der Waals surface area contributed by atoms with E-state index < -0.39 is 117 Å². The first-order valence-corrected chi connectivity index (χ1v) is 36.6. The second kappa shape index (κ2) is 37.8. The zero-order valence-corrected chi connectivity index (χ0v) is 63.7. The van der Waals surface area contributed by atoms with Crippen molar-refractivity contribution in [2.45, 2.75) is 155 Å². The molecule has 9 N–H and O–H groups in total. The average Bonchev–Trinajstić information content (AvgIpc) is 1.00. The van der Waals surface area contributed by atoms with E-state index in [1.165, 1.54) is 54.2 Å². The van der Waals surface area contributed by atoms with Crippen molar-refractivity contribution < 1.29 is 96.7 Å². The number of aliphatic hydroxyl groups is 2. The Morgan fingerprint density at radius 3 is 1.96 bits per heavy atom. The second-order valence-electron chi connectivity index (χ2n) is 28.7. The minimum absolute atomic E-state index is 0.0125. The normalized spacial score (nSPS) is 22.4. The maximum absolute atomic E-state index is 13.7. The molecule has 5 bridgehead atoms. The van der Waals surface area contributed by atoms with Crippen molar-refractivity contribution in [1.29, 1.82) is 0 Å². The van der Waals surface area contributed by atoms with Crippen LogP contribution in [0.5, 0.6) is 0 Å². The molecule has 6 aromatic rings. The van der Waals surface area contributed by atoms with E-state index in [4.69, 9.17) is 33.7 Å². The van der Waals surface area contributed by atoms with Crippen LogP contribution in [0.3, 0.4) is 0 Å².